The number of nitrogens with one attached hydrogen (secondary N) is 1. The SMILES string of the molecule is CC(C)(C)CC[C@@]1(C)C(=O)C(C2=NS(O)(O)c3c(CN4CCCS4(O)O)csc3N2)=C(O)c2ccccc21. The Balaban J connectivity index is 1.55. The van der Waals surface area contributed by atoms with Crippen LogP contribution in [0.4, 0.5) is 5.00 Å². The van der Waals surface area contributed by atoms with Crippen molar-refractivity contribution in [2.24, 2.45) is 9.81 Å². The Morgan fingerprint density at radius 1 is 1.18 bits per heavy atom. The number of hydrogen-bond donors (Lipinski definition) is 6. The fourth-order valence-corrected chi connectivity index (χ4v) is 9.48. The van der Waals surface area contributed by atoms with Gasteiger partial charge < -0.3 is 10.4 Å². The molecule has 38 heavy (non-hydrogen) atoms. The van der Waals surface area contributed by atoms with Crippen LogP contribution in [0.2, 0.25) is 0 Å². The maximum atomic E-state index is 14.1. The van der Waals surface area contributed by atoms with Gasteiger partial charge in [0.1, 0.15) is 21.2 Å². The van der Waals surface area contributed by atoms with Crippen LogP contribution in [0.1, 0.15) is 63.6 Å². The molecule has 0 spiro atoms. The number of benzene rings is 1. The molecule has 0 saturated carbocycles. The molecule has 0 unspecified atom stereocenters. The van der Waals surface area contributed by atoms with Crippen molar-refractivity contribution in [3.05, 3.63) is 51.9 Å². The fraction of sp³-hybridized carbons (Fsp3) is 0.462. The van der Waals surface area contributed by atoms with Crippen LogP contribution in [-0.2, 0) is 16.8 Å². The first-order valence-corrected chi connectivity index (χ1v) is 16.5. The number of fused-ring (bicyclic) bond motifs is 2. The third-order valence-corrected chi connectivity index (χ3v) is 12.0. The van der Waals surface area contributed by atoms with Crippen molar-refractivity contribution >= 4 is 55.3 Å². The van der Waals surface area contributed by atoms with E-state index < -0.39 is 27.0 Å². The predicted octanol–water partition coefficient (Wildman–Crippen LogP) is 7.10. The number of amidine groups is 1. The molecule has 1 atom stereocenters. The zero-order valence-electron chi connectivity index (χ0n) is 21.9. The molecule has 208 valence electrons. The number of nitrogens with zero attached hydrogens (tertiary/aromatic N) is 2. The van der Waals surface area contributed by atoms with Gasteiger partial charge in [-0.25, -0.2) is 4.31 Å². The summed E-state index contributed by atoms with van der Waals surface area (Å²) in [6, 6.07) is 7.26. The molecule has 0 bridgehead atoms. The summed E-state index contributed by atoms with van der Waals surface area (Å²) in [7, 11) is -6.63. The number of ketones is 1. The predicted molar refractivity (Wildman–Crippen MR) is 156 cm³/mol. The molecule has 1 aromatic heterocycles. The van der Waals surface area contributed by atoms with Gasteiger partial charge in [-0.05, 0) is 42.5 Å². The van der Waals surface area contributed by atoms with Crippen molar-refractivity contribution in [1.29, 1.82) is 0 Å². The quantitative estimate of drug-likeness (QED) is 0.219. The molecule has 1 saturated heterocycles. The van der Waals surface area contributed by atoms with Gasteiger partial charge in [0.05, 0.1) is 11.2 Å². The number of aliphatic hydroxyl groups is 1. The molecule has 0 amide bonds. The van der Waals surface area contributed by atoms with Crippen molar-refractivity contribution in [3.63, 3.8) is 0 Å². The summed E-state index contributed by atoms with van der Waals surface area (Å²) < 4.78 is 48.7. The molecule has 12 heteroatoms. The number of aliphatic hydroxyl groups excluding tert-OH is 1. The topological polar surface area (TPSA) is 146 Å². The van der Waals surface area contributed by atoms with Gasteiger partial charge >= 0.3 is 0 Å². The van der Waals surface area contributed by atoms with E-state index in [4.69, 9.17) is 0 Å². The Labute approximate surface area is 230 Å². The monoisotopic (exact) mass is 581 g/mol. The summed E-state index contributed by atoms with van der Waals surface area (Å²) in [6.45, 7) is 8.85. The van der Waals surface area contributed by atoms with Crippen LogP contribution < -0.4 is 5.32 Å². The summed E-state index contributed by atoms with van der Waals surface area (Å²) in [5.41, 5.74) is 0.783. The minimum Gasteiger partial charge on any atom is -0.506 e. The smallest absolute Gasteiger partial charge is 0.180 e. The van der Waals surface area contributed by atoms with Crippen LogP contribution in [0.3, 0.4) is 0 Å². The number of anilines is 1. The number of Topliss-reactive ketones (excluding diaryl/α,β-unsaturated/α-hetero) is 1. The average Bonchev–Trinajstić information content (AvgIpc) is 3.39. The van der Waals surface area contributed by atoms with E-state index in [1.807, 2.05) is 19.1 Å². The van der Waals surface area contributed by atoms with Crippen LogP contribution in [0, 0.1) is 5.41 Å². The Morgan fingerprint density at radius 2 is 1.89 bits per heavy atom. The summed E-state index contributed by atoms with van der Waals surface area (Å²) in [5, 5.41) is 16.5. The lowest BCUT2D eigenvalue weighted by molar-refractivity contribution is -0.120. The van der Waals surface area contributed by atoms with Crippen LogP contribution in [-0.4, -0.2) is 51.5 Å². The molecule has 3 heterocycles. The van der Waals surface area contributed by atoms with E-state index in [0.717, 1.165) is 12.0 Å². The normalized spacial score (nSPS) is 26.3. The van der Waals surface area contributed by atoms with E-state index in [2.05, 4.69) is 30.5 Å². The van der Waals surface area contributed by atoms with Crippen molar-refractivity contribution in [1.82, 2.24) is 4.31 Å². The van der Waals surface area contributed by atoms with Gasteiger partial charge in [0.25, 0.3) is 0 Å². The molecular formula is C26H35N3O6S3. The van der Waals surface area contributed by atoms with Crippen molar-refractivity contribution in [2.75, 3.05) is 17.6 Å². The van der Waals surface area contributed by atoms with E-state index >= 15 is 0 Å². The van der Waals surface area contributed by atoms with Crippen LogP contribution in [0.5, 0.6) is 0 Å². The molecule has 9 nitrogen and oxygen atoms in total. The third-order valence-electron chi connectivity index (χ3n) is 7.48. The van der Waals surface area contributed by atoms with Gasteiger partial charge in [-0.2, -0.15) is 0 Å². The lowest BCUT2D eigenvalue weighted by atomic mass is 9.65. The van der Waals surface area contributed by atoms with Crippen LogP contribution >= 0.6 is 32.9 Å². The molecule has 1 fully saturated rings. The first-order valence-electron chi connectivity index (χ1n) is 12.5. The molecule has 2 aliphatic heterocycles. The highest BCUT2D eigenvalue weighted by Crippen LogP contribution is 2.61. The number of rotatable bonds is 5. The zero-order chi connectivity index (χ0) is 27.7. The molecule has 6 N–H and O–H groups in total. The standard InChI is InChI=1S/C26H35N3O6S3/c1-25(2,3)10-11-26(4)18-9-6-5-8-17(18)20(30)19(22(26)31)23-27-24-21(38(34,35)28-23)16(15-36-24)14-29-12-7-13-37(29,32)33/h5-6,8-9,15,30,32-35H,7,10-14H2,1-4H3,(H,27,28)/t26-/m1/s1. The second kappa shape index (κ2) is 9.34. The lowest BCUT2D eigenvalue weighted by Gasteiger charge is -2.40. The largest absolute Gasteiger partial charge is 0.506 e. The second-order valence-corrected chi connectivity index (χ2v) is 16.2. The summed E-state index contributed by atoms with van der Waals surface area (Å²) in [6.07, 6.45) is 1.96. The molecule has 5 rings (SSSR count). The zero-order valence-corrected chi connectivity index (χ0v) is 24.3. The second-order valence-electron chi connectivity index (χ2n) is 11.5. The maximum absolute atomic E-state index is 14.1. The molecule has 3 aliphatic rings. The average molecular weight is 582 g/mol. The number of carbonyl (C=O) groups excluding carboxylic acids is 1. The summed E-state index contributed by atoms with van der Waals surface area (Å²) in [4.78, 5) is 14.3. The van der Waals surface area contributed by atoms with E-state index in [0.29, 0.717) is 41.3 Å². The summed E-state index contributed by atoms with van der Waals surface area (Å²) in [5.74, 6) is -0.353. The highest BCUT2D eigenvalue weighted by atomic mass is 32.3. The van der Waals surface area contributed by atoms with Crippen molar-refractivity contribution in [2.45, 2.75) is 63.8 Å². The molecular weight excluding hydrogens is 547 g/mol. The highest BCUT2D eigenvalue weighted by Gasteiger charge is 2.47. The van der Waals surface area contributed by atoms with E-state index in [1.165, 1.54) is 11.3 Å². The van der Waals surface area contributed by atoms with E-state index in [-0.39, 0.29) is 39.8 Å². The Kier molecular flexibility index (Phi) is 6.80. The maximum Gasteiger partial charge on any atom is 0.180 e. The van der Waals surface area contributed by atoms with Crippen molar-refractivity contribution < 1.29 is 28.1 Å². The molecule has 1 aromatic carbocycles. The van der Waals surface area contributed by atoms with E-state index in [1.54, 1.807) is 21.8 Å². The number of hydrogen-bond acceptors (Lipinski definition) is 10. The fourth-order valence-electron chi connectivity index (χ4n) is 5.28. The Morgan fingerprint density at radius 3 is 2.55 bits per heavy atom. The molecule has 2 aromatic rings. The van der Waals surface area contributed by atoms with Crippen LogP contribution in [0.15, 0.2) is 44.5 Å². The van der Waals surface area contributed by atoms with Crippen molar-refractivity contribution in [3.8, 4) is 0 Å². The lowest BCUT2D eigenvalue weighted by Crippen LogP contribution is -2.42. The Hall–Kier alpha value is -1.90. The number of thiophene rings is 1. The molecule has 0 radical (unpaired) electrons. The first-order chi connectivity index (χ1) is 17.6. The van der Waals surface area contributed by atoms with Gasteiger partial charge in [0.2, 0.25) is 0 Å². The minimum absolute atomic E-state index is 0.0161. The summed E-state index contributed by atoms with van der Waals surface area (Å²) >= 11 is 1.22. The van der Waals surface area contributed by atoms with Gasteiger partial charge in [-0.1, -0.05) is 55.8 Å². The number of carbonyl (C=O) groups is 1. The van der Waals surface area contributed by atoms with Gasteiger partial charge in [0, 0.05) is 24.2 Å². The Bertz CT molecular complexity index is 1360. The van der Waals surface area contributed by atoms with Gasteiger partial charge in [0.15, 0.2) is 11.6 Å². The van der Waals surface area contributed by atoms with Gasteiger partial charge in [-0.3, -0.25) is 23.0 Å². The van der Waals surface area contributed by atoms with Crippen LogP contribution in [0.25, 0.3) is 5.76 Å². The van der Waals surface area contributed by atoms with E-state index in [9.17, 15) is 28.1 Å². The third kappa shape index (κ3) is 4.71. The minimum atomic E-state index is -3.75. The molecule has 1 aliphatic carbocycles. The van der Waals surface area contributed by atoms with Gasteiger partial charge in [-0.15, -0.1) is 26.5 Å². The first kappa shape index (κ1) is 27.7. The highest BCUT2D eigenvalue weighted by molar-refractivity contribution is 8.23.